The van der Waals surface area contributed by atoms with Gasteiger partial charge in [0.15, 0.2) is 0 Å². The van der Waals surface area contributed by atoms with Crippen molar-refractivity contribution >= 4 is 0 Å². The highest BCUT2D eigenvalue weighted by atomic mass is 17.9. The molecule has 0 amide bonds. The van der Waals surface area contributed by atoms with Crippen molar-refractivity contribution in [1.29, 1.82) is 0 Å². The van der Waals surface area contributed by atoms with Crippen LogP contribution in [0.5, 0.6) is 0 Å². The van der Waals surface area contributed by atoms with Gasteiger partial charge in [0, 0.05) is 0 Å². The zero-order valence-corrected chi connectivity index (χ0v) is 23.5. The van der Waals surface area contributed by atoms with E-state index in [0.717, 1.165) is 24.2 Å². The lowest BCUT2D eigenvalue weighted by Gasteiger charge is -2.46. The Balaban J connectivity index is 1.33. The third-order valence-electron chi connectivity index (χ3n) is 10.7. The van der Waals surface area contributed by atoms with E-state index < -0.39 is 0 Å². The van der Waals surface area contributed by atoms with Crippen molar-refractivity contribution < 1.29 is 40.4 Å². The maximum Gasteiger partial charge on any atom is 0.0965 e. The molecule has 5 aliphatic carbocycles. The lowest BCUT2D eigenvalue weighted by molar-refractivity contribution is -0.813. The summed E-state index contributed by atoms with van der Waals surface area (Å²) in [5, 5.41) is 32.1. The Morgan fingerprint density at radius 3 is 2.41 bits per heavy atom. The van der Waals surface area contributed by atoms with Gasteiger partial charge in [-0.1, -0.05) is 61.6 Å². The van der Waals surface area contributed by atoms with Crippen LogP contribution in [-0.4, -0.2) is 11.4 Å². The Labute approximate surface area is 233 Å². The van der Waals surface area contributed by atoms with Crippen LogP contribution in [0, 0.1) is 47.3 Å². The molecule has 7 unspecified atom stereocenters. The minimum atomic E-state index is -0.181. The Morgan fingerprint density at radius 2 is 1.56 bits per heavy atom. The van der Waals surface area contributed by atoms with Gasteiger partial charge in [0.25, 0.3) is 0 Å². The summed E-state index contributed by atoms with van der Waals surface area (Å²) in [5.41, 5.74) is 1.73. The fraction of sp³-hybridized carbons (Fsp3) is 0.806. The maximum atomic E-state index is 8.05. The Morgan fingerprint density at radius 1 is 0.769 bits per heavy atom. The van der Waals surface area contributed by atoms with E-state index in [4.69, 9.17) is 15.2 Å². The Kier molecular flexibility index (Phi) is 11.5. The second kappa shape index (κ2) is 15.2. The molecule has 0 bridgehead atoms. The van der Waals surface area contributed by atoms with Crippen LogP contribution in [0.3, 0.4) is 0 Å². The molecule has 39 heavy (non-hydrogen) atoms. The summed E-state index contributed by atoms with van der Waals surface area (Å²) in [4.78, 5) is 5.56. The van der Waals surface area contributed by atoms with Crippen LogP contribution >= 0.6 is 0 Å². The zero-order chi connectivity index (χ0) is 26.9. The Hall–Kier alpha value is -1.10. The standard InChI is InChI=1S/C31H48O8/c1-22(33-35-37-39-38-36-34-32)27-17-7-8-19-30(27)31(24-12-3-2-4-13-24)26-16-9-15-25(21-26)29-20-10-14-23-11-5-6-18-28(23)29/h2-3,10,20-25,27-32H,4-9,11-19H2,1H3/t22?,23?,24?,25?,27-,28+,29?,30?,31?/m1/s1. The van der Waals surface area contributed by atoms with E-state index >= 15 is 0 Å². The van der Waals surface area contributed by atoms with Crippen molar-refractivity contribution in [3.05, 3.63) is 36.0 Å². The molecule has 0 heterocycles. The molecular weight excluding hydrogens is 500 g/mol. The van der Waals surface area contributed by atoms with E-state index in [1.54, 1.807) is 5.57 Å². The molecule has 2 fully saturated rings. The van der Waals surface area contributed by atoms with Crippen molar-refractivity contribution in [2.45, 2.75) is 109 Å². The second-order valence-electron chi connectivity index (χ2n) is 12.6. The van der Waals surface area contributed by atoms with E-state index in [1.165, 1.54) is 89.9 Å². The predicted octanol–water partition coefficient (Wildman–Crippen LogP) is 8.34. The lowest BCUT2D eigenvalue weighted by atomic mass is 9.59. The van der Waals surface area contributed by atoms with Gasteiger partial charge in [0.05, 0.1) is 6.10 Å². The zero-order valence-electron chi connectivity index (χ0n) is 23.5. The average molecular weight is 549 g/mol. The van der Waals surface area contributed by atoms with Crippen LogP contribution in [0.1, 0.15) is 103 Å². The fourth-order valence-electron chi connectivity index (χ4n) is 9.10. The number of allylic oxidation sites excluding steroid dienone is 6. The molecular formula is C31H48O8. The van der Waals surface area contributed by atoms with Gasteiger partial charge in [-0.3, -0.25) is 0 Å². The van der Waals surface area contributed by atoms with Gasteiger partial charge in [-0.25, -0.2) is 10.1 Å². The summed E-state index contributed by atoms with van der Waals surface area (Å²) >= 11 is 0. The van der Waals surface area contributed by atoms with Crippen molar-refractivity contribution in [2.24, 2.45) is 47.3 Å². The van der Waals surface area contributed by atoms with Gasteiger partial charge in [-0.05, 0) is 155 Å². The summed E-state index contributed by atoms with van der Waals surface area (Å²) in [7, 11) is 0. The lowest BCUT2D eigenvalue weighted by Crippen LogP contribution is -2.40. The molecule has 0 spiro atoms. The Bertz CT molecular complexity index is 827. The van der Waals surface area contributed by atoms with E-state index in [0.29, 0.717) is 29.6 Å². The first-order valence-corrected chi connectivity index (χ1v) is 15.6. The number of hydrogen-bond acceptors (Lipinski definition) is 8. The van der Waals surface area contributed by atoms with Gasteiger partial charge in [0.2, 0.25) is 0 Å². The molecule has 0 aromatic rings. The number of rotatable bonds is 12. The van der Waals surface area contributed by atoms with Crippen LogP contribution < -0.4 is 0 Å². The van der Waals surface area contributed by atoms with Gasteiger partial charge < -0.3 is 0 Å². The number of fused-ring (bicyclic) bond motifs is 1. The van der Waals surface area contributed by atoms with Crippen molar-refractivity contribution in [1.82, 2.24) is 0 Å². The van der Waals surface area contributed by atoms with Crippen LogP contribution in [0.2, 0.25) is 0 Å². The number of hydrogen-bond donors (Lipinski definition) is 1. The highest BCUT2D eigenvalue weighted by molar-refractivity contribution is 5.20. The van der Waals surface area contributed by atoms with Crippen LogP contribution in [-0.2, 0) is 35.1 Å². The van der Waals surface area contributed by atoms with Crippen molar-refractivity contribution in [2.75, 3.05) is 0 Å². The monoisotopic (exact) mass is 548 g/mol. The van der Waals surface area contributed by atoms with Crippen LogP contribution in [0.25, 0.3) is 0 Å². The van der Waals surface area contributed by atoms with E-state index in [-0.39, 0.29) is 6.10 Å². The molecule has 0 aromatic heterocycles. The van der Waals surface area contributed by atoms with E-state index in [9.17, 15) is 0 Å². The maximum absolute atomic E-state index is 8.05. The van der Waals surface area contributed by atoms with Crippen molar-refractivity contribution in [3.63, 3.8) is 0 Å². The first-order chi connectivity index (χ1) is 19.3. The molecule has 0 radical (unpaired) electrons. The van der Waals surface area contributed by atoms with E-state index in [2.05, 4.69) is 55.6 Å². The smallest absolute Gasteiger partial charge is 0.0965 e. The van der Waals surface area contributed by atoms with Gasteiger partial charge in [-0.2, -0.15) is 0 Å². The van der Waals surface area contributed by atoms with Gasteiger partial charge in [0.1, 0.15) is 0 Å². The summed E-state index contributed by atoms with van der Waals surface area (Å²) in [6.07, 6.45) is 31.8. The molecule has 9 atom stereocenters. The molecule has 8 heteroatoms. The topological polar surface area (TPSA) is 84.8 Å². The highest BCUT2D eigenvalue weighted by Gasteiger charge is 2.43. The third-order valence-corrected chi connectivity index (χ3v) is 10.7. The van der Waals surface area contributed by atoms with Crippen molar-refractivity contribution in [3.8, 4) is 0 Å². The first kappa shape index (κ1) is 29.4. The van der Waals surface area contributed by atoms with E-state index in [1.807, 2.05) is 6.92 Å². The molecule has 0 aromatic carbocycles. The molecule has 0 saturated heterocycles. The molecule has 5 aliphatic rings. The summed E-state index contributed by atoms with van der Waals surface area (Å²) in [6, 6.07) is 0. The predicted molar refractivity (Wildman–Crippen MR) is 143 cm³/mol. The highest BCUT2D eigenvalue weighted by Crippen LogP contribution is 2.51. The fourth-order valence-corrected chi connectivity index (χ4v) is 9.10. The minimum Gasteiger partial charge on any atom is -0.219 e. The molecule has 5 rings (SSSR count). The molecule has 0 aliphatic heterocycles. The summed E-state index contributed by atoms with van der Waals surface area (Å²) < 4.78 is 0. The van der Waals surface area contributed by atoms with Crippen LogP contribution in [0.15, 0.2) is 36.0 Å². The SMILES string of the molecule is CC(OOOOOOOO)[C@H]1CCCCC1C(C1=CC(C2C=CCC3CCCC[C@@H]32)CCC1)C1CC=CCC1. The van der Waals surface area contributed by atoms with Gasteiger partial charge in [-0.15, -0.1) is 0 Å². The molecule has 2 saturated carbocycles. The van der Waals surface area contributed by atoms with Gasteiger partial charge >= 0.3 is 0 Å². The summed E-state index contributed by atoms with van der Waals surface area (Å²) in [5.74, 6) is 5.38. The molecule has 220 valence electrons. The third kappa shape index (κ3) is 7.60. The summed E-state index contributed by atoms with van der Waals surface area (Å²) in [6.45, 7) is 2.05. The first-order valence-electron chi connectivity index (χ1n) is 15.6. The quantitative estimate of drug-likeness (QED) is 0.113. The average Bonchev–Trinajstić information content (AvgIpc) is 2.99. The normalized spacial score (nSPS) is 36.7. The second-order valence-corrected chi connectivity index (χ2v) is 12.6. The minimum absolute atomic E-state index is 0.181. The molecule has 8 nitrogen and oxygen atoms in total. The van der Waals surface area contributed by atoms with Crippen LogP contribution in [0.4, 0.5) is 0 Å². The largest absolute Gasteiger partial charge is 0.219 e. The molecule has 1 N–H and O–H groups in total.